The highest BCUT2D eigenvalue weighted by molar-refractivity contribution is 9.11. The lowest BCUT2D eigenvalue weighted by Gasteiger charge is -2.23. The van der Waals surface area contributed by atoms with E-state index in [1.807, 2.05) is 6.07 Å². The number of benzene rings is 1. The second kappa shape index (κ2) is 5.90. The summed E-state index contributed by atoms with van der Waals surface area (Å²) in [7, 11) is 0. The number of hydrogen-bond donors (Lipinski definition) is 1. The van der Waals surface area contributed by atoms with Crippen LogP contribution >= 0.6 is 31.9 Å². The lowest BCUT2D eigenvalue weighted by molar-refractivity contribution is 0.511. The lowest BCUT2D eigenvalue weighted by atomic mass is 10.0. The van der Waals surface area contributed by atoms with Crippen molar-refractivity contribution >= 4 is 37.5 Å². The Morgan fingerprint density at radius 1 is 1.20 bits per heavy atom. The fourth-order valence-electron chi connectivity index (χ4n) is 1.56. The van der Waals surface area contributed by atoms with Crippen LogP contribution in [0.3, 0.4) is 0 Å². The molecule has 3 heteroatoms. The Morgan fingerprint density at radius 2 is 1.73 bits per heavy atom. The first-order valence-electron chi connectivity index (χ1n) is 5.26. The largest absolute Gasteiger partial charge is 0.380 e. The van der Waals surface area contributed by atoms with Gasteiger partial charge in [-0.25, -0.2) is 0 Å². The van der Waals surface area contributed by atoms with Gasteiger partial charge in [0.2, 0.25) is 0 Å². The van der Waals surface area contributed by atoms with Crippen LogP contribution in [0.15, 0.2) is 27.1 Å². The monoisotopic (exact) mass is 333 g/mol. The maximum Gasteiger partial charge on any atom is 0.0631 e. The van der Waals surface area contributed by atoms with Crippen LogP contribution in [0.2, 0.25) is 0 Å². The second-order valence-electron chi connectivity index (χ2n) is 4.00. The van der Waals surface area contributed by atoms with Crippen molar-refractivity contribution < 1.29 is 0 Å². The van der Waals surface area contributed by atoms with Crippen LogP contribution < -0.4 is 5.32 Å². The van der Waals surface area contributed by atoms with Crippen LogP contribution in [0.1, 0.15) is 27.2 Å². The van der Waals surface area contributed by atoms with Gasteiger partial charge in [-0.3, -0.25) is 0 Å². The normalized spacial score (nSPS) is 12.9. The van der Waals surface area contributed by atoms with E-state index in [4.69, 9.17) is 0 Å². The molecule has 1 unspecified atom stereocenters. The van der Waals surface area contributed by atoms with Crippen LogP contribution in [-0.2, 0) is 0 Å². The summed E-state index contributed by atoms with van der Waals surface area (Å²) in [5.74, 6) is 0.633. The van der Waals surface area contributed by atoms with Gasteiger partial charge in [-0.15, -0.1) is 0 Å². The van der Waals surface area contributed by atoms with Gasteiger partial charge >= 0.3 is 0 Å². The lowest BCUT2D eigenvalue weighted by Crippen LogP contribution is -2.24. The van der Waals surface area contributed by atoms with Crippen LogP contribution in [0.5, 0.6) is 0 Å². The van der Waals surface area contributed by atoms with Gasteiger partial charge < -0.3 is 5.32 Å². The number of anilines is 1. The summed E-state index contributed by atoms with van der Waals surface area (Å²) in [5.41, 5.74) is 1.15. The van der Waals surface area contributed by atoms with Crippen LogP contribution in [0, 0.1) is 5.92 Å². The zero-order valence-corrected chi connectivity index (χ0v) is 12.5. The summed E-state index contributed by atoms with van der Waals surface area (Å²) in [5, 5.41) is 3.57. The Hall–Kier alpha value is -0.0200. The average Bonchev–Trinajstić information content (AvgIpc) is 2.17. The Kier molecular flexibility index (Phi) is 5.13. The van der Waals surface area contributed by atoms with Crippen molar-refractivity contribution in [3.63, 3.8) is 0 Å². The predicted octanol–water partition coefficient (Wildman–Crippen LogP) is 5.06. The molecule has 1 aromatic carbocycles. The van der Waals surface area contributed by atoms with Gasteiger partial charge in [-0.2, -0.15) is 0 Å². The molecule has 0 amide bonds. The van der Waals surface area contributed by atoms with Crippen molar-refractivity contribution in [2.24, 2.45) is 5.92 Å². The molecule has 0 bridgehead atoms. The maximum atomic E-state index is 3.57. The molecular weight excluding hydrogens is 318 g/mol. The standard InChI is InChI=1S/C12H17Br2N/c1-4-11(8(2)3)15-12-9(13)6-5-7-10(12)14/h5-8,11,15H,4H2,1-3H3. The van der Waals surface area contributed by atoms with Crippen LogP contribution in [0.25, 0.3) is 0 Å². The minimum atomic E-state index is 0.514. The summed E-state index contributed by atoms with van der Waals surface area (Å²) >= 11 is 7.12. The molecule has 0 saturated heterocycles. The van der Waals surface area contributed by atoms with Gasteiger partial charge in [0.05, 0.1) is 5.69 Å². The van der Waals surface area contributed by atoms with E-state index >= 15 is 0 Å². The minimum absolute atomic E-state index is 0.514. The predicted molar refractivity (Wildman–Crippen MR) is 74.4 cm³/mol. The molecule has 1 nitrogen and oxygen atoms in total. The number of hydrogen-bond acceptors (Lipinski definition) is 1. The van der Waals surface area contributed by atoms with Gasteiger partial charge in [0.25, 0.3) is 0 Å². The topological polar surface area (TPSA) is 12.0 Å². The third-order valence-corrected chi connectivity index (χ3v) is 3.86. The Morgan fingerprint density at radius 3 is 2.13 bits per heavy atom. The minimum Gasteiger partial charge on any atom is -0.380 e. The van der Waals surface area contributed by atoms with Crippen molar-refractivity contribution in [2.45, 2.75) is 33.2 Å². The molecule has 0 saturated carbocycles. The molecule has 0 radical (unpaired) electrons. The van der Waals surface area contributed by atoms with Gasteiger partial charge in [0.15, 0.2) is 0 Å². The summed E-state index contributed by atoms with van der Waals surface area (Å²) in [6.07, 6.45) is 1.13. The van der Waals surface area contributed by atoms with E-state index in [0.717, 1.165) is 21.1 Å². The van der Waals surface area contributed by atoms with E-state index in [9.17, 15) is 0 Å². The number of halogens is 2. The third-order valence-electron chi connectivity index (χ3n) is 2.54. The Balaban J connectivity index is 2.87. The molecule has 1 aromatic rings. The van der Waals surface area contributed by atoms with Crippen molar-refractivity contribution in [1.29, 1.82) is 0 Å². The average molecular weight is 335 g/mol. The SMILES string of the molecule is CCC(Nc1c(Br)cccc1Br)C(C)C. The van der Waals surface area contributed by atoms with Gasteiger partial charge in [-0.1, -0.05) is 26.8 Å². The summed E-state index contributed by atoms with van der Waals surface area (Å²) in [4.78, 5) is 0. The molecule has 15 heavy (non-hydrogen) atoms. The fourth-order valence-corrected chi connectivity index (χ4v) is 2.79. The summed E-state index contributed by atoms with van der Waals surface area (Å²) in [6.45, 7) is 6.69. The second-order valence-corrected chi connectivity index (χ2v) is 5.71. The number of nitrogens with one attached hydrogen (secondary N) is 1. The smallest absolute Gasteiger partial charge is 0.0631 e. The van der Waals surface area contributed by atoms with Crippen LogP contribution in [0.4, 0.5) is 5.69 Å². The first-order valence-corrected chi connectivity index (χ1v) is 6.85. The van der Waals surface area contributed by atoms with Crippen molar-refractivity contribution in [3.05, 3.63) is 27.1 Å². The molecule has 0 fully saturated rings. The van der Waals surface area contributed by atoms with Crippen molar-refractivity contribution in [2.75, 3.05) is 5.32 Å². The van der Waals surface area contributed by atoms with E-state index in [0.29, 0.717) is 12.0 Å². The Bertz CT molecular complexity index is 303. The molecule has 0 aromatic heterocycles. The van der Waals surface area contributed by atoms with E-state index in [2.05, 4.69) is 70.1 Å². The molecule has 0 heterocycles. The maximum absolute atomic E-state index is 3.57. The fraction of sp³-hybridized carbons (Fsp3) is 0.500. The highest BCUT2D eigenvalue weighted by atomic mass is 79.9. The van der Waals surface area contributed by atoms with E-state index in [1.54, 1.807) is 0 Å². The van der Waals surface area contributed by atoms with Gasteiger partial charge in [-0.05, 0) is 56.3 Å². The first-order chi connectivity index (χ1) is 7.06. The molecule has 0 aliphatic rings. The quantitative estimate of drug-likeness (QED) is 0.811. The number of rotatable bonds is 4. The van der Waals surface area contributed by atoms with E-state index < -0.39 is 0 Å². The molecular formula is C12H17Br2N. The molecule has 84 valence electrons. The molecule has 0 aliphatic heterocycles. The van der Waals surface area contributed by atoms with E-state index in [-0.39, 0.29) is 0 Å². The Labute approximate surface area is 109 Å². The summed E-state index contributed by atoms with van der Waals surface area (Å²) < 4.78 is 2.21. The van der Waals surface area contributed by atoms with Crippen molar-refractivity contribution in [1.82, 2.24) is 0 Å². The van der Waals surface area contributed by atoms with Gasteiger partial charge in [0.1, 0.15) is 0 Å². The number of para-hydroxylation sites is 1. The third kappa shape index (κ3) is 3.49. The molecule has 1 atom stereocenters. The first kappa shape index (κ1) is 13.0. The summed E-state index contributed by atoms with van der Waals surface area (Å²) in [6, 6.07) is 6.65. The van der Waals surface area contributed by atoms with Crippen molar-refractivity contribution in [3.8, 4) is 0 Å². The molecule has 1 rings (SSSR count). The van der Waals surface area contributed by atoms with Gasteiger partial charge in [0, 0.05) is 15.0 Å². The van der Waals surface area contributed by atoms with E-state index in [1.165, 1.54) is 0 Å². The van der Waals surface area contributed by atoms with Crippen LogP contribution in [-0.4, -0.2) is 6.04 Å². The molecule has 0 spiro atoms. The highest BCUT2D eigenvalue weighted by Gasteiger charge is 2.13. The molecule has 1 N–H and O–H groups in total. The zero-order valence-electron chi connectivity index (χ0n) is 9.35. The molecule has 0 aliphatic carbocycles. The zero-order chi connectivity index (χ0) is 11.4. The highest BCUT2D eigenvalue weighted by Crippen LogP contribution is 2.32.